The highest BCUT2D eigenvalue weighted by atomic mass is 32.1. The number of aryl methyl sites for hydroxylation is 1. The lowest BCUT2D eigenvalue weighted by atomic mass is 9.63. The molecule has 4 atom stereocenters. The summed E-state index contributed by atoms with van der Waals surface area (Å²) in [6.45, 7) is 6.38. The molecular weight excluding hydrogens is 651 g/mol. The molecule has 9 rings (SSSR count). The van der Waals surface area contributed by atoms with Crippen LogP contribution in [0.5, 0.6) is 5.88 Å². The first-order chi connectivity index (χ1) is 24.3. The summed E-state index contributed by atoms with van der Waals surface area (Å²) in [5.74, 6) is 3.08. The number of rotatable bonds is 5. The molecular formula is C36H41N11O2S. The monoisotopic (exact) mass is 691 g/mol. The van der Waals surface area contributed by atoms with Crippen molar-refractivity contribution < 1.29 is 9.26 Å². The van der Waals surface area contributed by atoms with E-state index in [1.54, 1.807) is 17.5 Å². The number of ether oxygens (including phenoxy) is 1. The summed E-state index contributed by atoms with van der Waals surface area (Å²) < 4.78 is 14.8. The van der Waals surface area contributed by atoms with Crippen LogP contribution < -0.4 is 21.1 Å². The van der Waals surface area contributed by atoms with Gasteiger partial charge in [-0.1, -0.05) is 11.2 Å². The van der Waals surface area contributed by atoms with E-state index in [0.717, 1.165) is 91.6 Å². The van der Waals surface area contributed by atoms with Crippen LogP contribution in [-0.4, -0.2) is 67.6 Å². The molecule has 0 saturated carbocycles. The Labute approximate surface area is 294 Å². The van der Waals surface area contributed by atoms with E-state index in [-0.39, 0.29) is 12.1 Å². The zero-order chi connectivity index (χ0) is 34.3. The second-order valence-electron chi connectivity index (χ2n) is 14.3. The third kappa shape index (κ3) is 4.48. The van der Waals surface area contributed by atoms with Gasteiger partial charge in [0.1, 0.15) is 34.7 Å². The first-order valence-corrected chi connectivity index (χ1v) is 18.5. The predicted molar refractivity (Wildman–Crippen MR) is 191 cm³/mol. The van der Waals surface area contributed by atoms with E-state index in [1.165, 1.54) is 4.88 Å². The number of nitriles is 1. The van der Waals surface area contributed by atoms with E-state index in [1.807, 2.05) is 16.8 Å². The molecule has 4 unspecified atom stereocenters. The van der Waals surface area contributed by atoms with E-state index in [9.17, 15) is 5.26 Å². The van der Waals surface area contributed by atoms with E-state index in [2.05, 4.69) is 41.7 Å². The smallest absolute Gasteiger partial charge is 0.246 e. The van der Waals surface area contributed by atoms with Gasteiger partial charge >= 0.3 is 0 Å². The Hall–Kier alpha value is -4.74. The maximum absolute atomic E-state index is 10.2. The van der Waals surface area contributed by atoms with Crippen molar-refractivity contribution in [2.45, 2.75) is 88.8 Å². The minimum atomic E-state index is -0.440. The van der Waals surface area contributed by atoms with Gasteiger partial charge in [0.25, 0.3) is 0 Å². The Morgan fingerprint density at radius 3 is 2.74 bits per heavy atom. The van der Waals surface area contributed by atoms with Crippen molar-refractivity contribution in [3.8, 4) is 23.5 Å². The predicted octanol–water partition coefficient (Wildman–Crippen LogP) is 5.55. The largest absolute Gasteiger partial charge is 0.474 e. The zero-order valence-corrected chi connectivity index (χ0v) is 29.5. The number of nitrogens with zero attached hydrogens (tertiary/aromatic N) is 9. The topological polar surface area (TPSA) is 174 Å². The van der Waals surface area contributed by atoms with Crippen molar-refractivity contribution >= 4 is 39.0 Å². The van der Waals surface area contributed by atoms with Crippen LogP contribution in [0.15, 0.2) is 22.9 Å². The first kappa shape index (κ1) is 31.3. The lowest BCUT2D eigenvalue weighted by Gasteiger charge is -2.39. The summed E-state index contributed by atoms with van der Waals surface area (Å²) in [7, 11) is 2.18. The maximum Gasteiger partial charge on any atom is 0.246 e. The average molecular weight is 692 g/mol. The van der Waals surface area contributed by atoms with Gasteiger partial charge in [0.15, 0.2) is 22.9 Å². The van der Waals surface area contributed by atoms with Crippen LogP contribution in [0.3, 0.4) is 0 Å². The van der Waals surface area contributed by atoms with E-state index in [4.69, 9.17) is 41.0 Å². The van der Waals surface area contributed by atoms with Gasteiger partial charge < -0.3 is 30.5 Å². The summed E-state index contributed by atoms with van der Waals surface area (Å²) in [4.78, 5) is 20.8. The molecule has 50 heavy (non-hydrogen) atoms. The van der Waals surface area contributed by atoms with Crippen molar-refractivity contribution in [1.82, 2.24) is 34.8 Å². The number of likely N-dealkylation sites (tertiary alicyclic amines) is 1. The maximum atomic E-state index is 10.2. The molecule has 14 heteroatoms. The molecule has 7 heterocycles. The molecule has 1 fully saturated rings. The molecule has 2 aliphatic heterocycles. The van der Waals surface area contributed by atoms with Crippen LogP contribution in [0.2, 0.25) is 0 Å². The van der Waals surface area contributed by atoms with Gasteiger partial charge in [0.2, 0.25) is 5.88 Å². The molecule has 1 spiro atoms. The Bertz CT molecular complexity index is 2180. The van der Waals surface area contributed by atoms with Crippen LogP contribution in [0.4, 0.5) is 16.6 Å². The number of hydrogen-bond donors (Lipinski definition) is 2. The fourth-order valence-corrected chi connectivity index (χ4v) is 10.4. The number of fused-ring (bicyclic) bond motifs is 4. The van der Waals surface area contributed by atoms with Crippen LogP contribution in [0.25, 0.3) is 22.6 Å². The quantitative estimate of drug-likeness (QED) is 0.236. The molecule has 258 valence electrons. The molecule has 5 aromatic heterocycles. The van der Waals surface area contributed by atoms with Crippen molar-refractivity contribution in [2.75, 3.05) is 43.1 Å². The van der Waals surface area contributed by atoms with Crippen molar-refractivity contribution in [3.05, 3.63) is 51.2 Å². The molecule has 0 amide bonds. The fraction of sp³-hybridized carbons (Fsp3) is 0.500. The molecule has 13 nitrogen and oxygen atoms in total. The van der Waals surface area contributed by atoms with E-state index in [0.29, 0.717) is 58.6 Å². The van der Waals surface area contributed by atoms with Crippen LogP contribution >= 0.6 is 11.3 Å². The molecule has 2 aliphatic carbocycles. The third-order valence-corrected chi connectivity index (χ3v) is 12.8. The number of likely N-dealkylation sites (N-methyl/N-ethyl adjacent to an activating group) is 1. The molecule has 0 bridgehead atoms. The molecule has 4 N–H and O–H groups in total. The number of pyridine rings is 1. The number of aromatic nitrogens is 6. The summed E-state index contributed by atoms with van der Waals surface area (Å²) in [5, 5.41) is 21.4. The number of anilines is 3. The van der Waals surface area contributed by atoms with Crippen LogP contribution in [-0.2, 0) is 18.3 Å². The Morgan fingerprint density at radius 1 is 1.12 bits per heavy atom. The summed E-state index contributed by atoms with van der Waals surface area (Å²) in [5.41, 5.74) is 17.3. The number of nitrogens with two attached hydrogens (primary N) is 2. The van der Waals surface area contributed by atoms with Gasteiger partial charge in [-0.15, -0.1) is 16.4 Å². The van der Waals surface area contributed by atoms with Gasteiger partial charge in [-0.25, -0.2) is 19.6 Å². The van der Waals surface area contributed by atoms with E-state index >= 15 is 0 Å². The molecule has 0 radical (unpaired) electrons. The average Bonchev–Trinajstić information content (AvgIpc) is 3.88. The van der Waals surface area contributed by atoms with Crippen molar-refractivity contribution in [2.24, 2.45) is 0 Å². The van der Waals surface area contributed by atoms with Crippen molar-refractivity contribution in [1.29, 1.82) is 5.26 Å². The van der Waals surface area contributed by atoms with Crippen LogP contribution in [0.1, 0.15) is 97.3 Å². The number of nitrogen functional groups attached to an aromatic ring is 2. The highest BCUT2D eigenvalue weighted by molar-refractivity contribution is 7.16. The molecule has 1 saturated heterocycles. The Morgan fingerprint density at radius 2 is 1.96 bits per heavy atom. The highest BCUT2D eigenvalue weighted by Crippen LogP contribution is 2.55. The lowest BCUT2D eigenvalue weighted by Crippen LogP contribution is -2.35. The summed E-state index contributed by atoms with van der Waals surface area (Å²) in [6.07, 6.45) is 9.35. The van der Waals surface area contributed by atoms with Crippen molar-refractivity contribution in [3.63, 3.8) is 0 Å². The minimum Gasteiger partial charge on any atom is -0.474 e. The third-order valence-electron chi connectivity index (χ3n) is 11.7. The minimum absolute atomic E-state index is 0.0424. The Balaban J connectivity index is 1.25. The summed E-state index contributed by atoms with van der Waals surface area (Å²) >= 11 is 1.55. The number of thiophene rings is 1. The zero-order valence-electron chi connectivity index (χ0n) is 28.6. The van der Waals surface area contributed by atoms with Gasteiger partial charge in [-0.3, -0.25) is 0 Å². The SMILES string of the molecule is CC(c1cccnc1N)N1CCOc2nn(C(C)C3CCCN3C)c3nc(-c4noc5c4CCCC54CCCc5sc(N)c(C#N)c54)nc1c23. The molecule has 5 aromatic rings. The number of hydrogen-bond acceptors (Lipinski definition) is 13. The normalized spacial score (nSPS) is 22.9. The van der Waals surface area contributed by atoms with Gasteiger partial charge in [-0.05, 0) is 90.4 Å². The second-order valence-corrected chi connectivity index (χ2v) is 15.5. The lowest BCUT2D eigenvalue weighted by molar-refractivity contribution is 0.227. The first-order valence-electron chi connectivity index (χ1n) is 17.7. The van der Waals surface area contributed by atoms with E-state index < -0.39 is 5.41 Å². The van der Waals surface area contributed by atoms with Crippen LogP contribution in [0, 0.1) is 11.3 Å². The molecule has 0 aromatic carbocycles. The standard InChI is InChI=1S/C36H41N11O2S/c1-19(21-9-6-14-40-30(21)38)46-16-17-48-35-26-33(46)41-32(42-34(26)47(43-35)20(2)24-10-7-15-45(24)3)28-22-8-4-12-36(29(22)49-44-28)13-5-11-25-27(36)23(18-37)31(39)50-25/h6,9,14,19-20,24H,4-5,7-8,10-13,15-17,39H2,1-3H3,(H2,38,40). The highest BCUT2D eigenvalue weighted by Gasteiger charge is 2.49. The molecule has 4 aliphatic rings. The second kappa shape index (κ2) is 11.7. The Kier molecular flexibility index (Phi) is 7.29. The van der Waals surface area contributed by atoms with Gasteiger partial charge in [-0.2, -0.15) is 5.26 Å². The van der Waals surface area contributed by atoms with Gasteiger partial charge in [0, 0.05) is 28.2 Å². The fourth-order valence-electron chi connectivity index (χ4n) is 9.29. The summed E-state index contributed by atoms with van der Waals surface area (Å²) in [6, 6.07) is 6.55. The van der Waals surface area contributed by atoms with Gasteiger partial charge in [0.05, 0.1) is 29.6 Å².